The average Bonchev–Trinajstić information content (AvgIpc) is 2.74. The number of benzene rings is 1. The monoisotopic (exact) mass is 209 g/mol. The van der Waals surface area contributed by atoms with E-state index >= 15 is 0 Å². The molecule has 0 spiro atoms. The second-order valence-electron chi connectivity index (χ2n) is 4.21. The maximum atomic E-state index is 5.64. The summed E-state index contributed by atoms with van der Waals surface area (Å²) in [7, 11) is 0. The van der Waals surface area contributed by atoms with Crippen LogP contribution in [0.2, 0.25) is 5.02 Å². The van der Waals surface area contributed by atoms with E-state index in [4.69, 9.17) is 11.6 Å². The molecular formula is C12H16ClN. The minimum atomic E-state index is 0.810. The van der Waals surface area contributed by atoms with Gasteiger partial charge in [-0.3, -0.25) is 0 Å². The molecule has 2 unspecified atom stereocenters. The third-order valence-electron chi connectivity index (χ3n) is 2.86. The molecule has 0 amide bonds. The Bertz CT molecular complexity index is 286. The zero-order chi connectivity index (χ0) is 9.97. The number of hydrogen-bond donors (Lipinski definition) is 1. The van der Waals surface area contributed by atoms with Gasteiger partial charge in [0.05, 0.1) is 0 Å². The summed E-state index contributed by atoms with van der Waals surface area (Å²) in [6, 6.07) is 7.76. The Kier molecular flexibility index (Phi) is 3.09. The summed E-state index contributed by atoms with van der Waals surface area (Å²) in [5, 5.41) is 4.13. The second-order valence-corrected chi connectivity index (χ2v) is 4.65. The molecule has 0 bridgehead atoms. The molecule has 1 saturated carbocycles. The van der Waals surface area contributed by atoms with Crippen LogP contribution in [0.25, 0.3) is 0 Å². The van der Waals surface area contributed by atoms with Crippen LogP contribution in [0, 0.1) is 18.8 Å². The number of fused-ring (bicyclic) bond motifs is 1. The van der Waals surface area contributed by atoms with Gasteiger partial charge in [0.1, 0.15) is 0 Å². The third kappa shape index (κ3) is 2.73. The summed E-state index contributed by atoms with van der Waals surface area (Å²) in [4.78, 5) is 0. The predicted octanol–water partition coefficient (Wildman–Crippen LogP) is 2.87. The zero-order valence-electron chi connectivity index (χ0n) is 8.46. The Morgan fingerprint density at radius 2 is 2.00 bits per heavy atom. The van der Waals surface area contributed by atoms with Crippen molar-refractivity contribution < 1.29 is 0 Å². The molecule has 0 aromatic heterocycles. The number of halogens is 1. The fraction of sp³-hybridized carbons (Fsp3) is 0.500. The van der Waals surface area contributed by atoms with Gasteiger partial charge in [0, 0.05) is 5.02 Å². The van der Waals surface area contributed by atoms with Crippen LogP contribution in [0.15, 0.2) is 24.3 Å². The molecule has 14 heavy (non-hydrogen) atoms. The minimum Gasteiger partial charge on any atom is -0.316 e. The van der Waals surface area contributed by atoms with E-state index in [1.165, 1.54) is 25.1 Å². The van der Waals surface area contributed by atoms with Crippen LogP contribution in [0.4, 0.5) is 0 Å². The summed E-state index contributed by atoms with van der Waals surface area (Å²) in [5.41, 5.74) is 1.21. The Balaban J connectivity index is 0.000000110. The third-order valence-corrected chi connectivity index (χ3v) is 3.10. The lowest BCUT2D eigenvalue weighted by atomic mass is 10.2. The highest BCUT2D eigenvalue weighted by molar-refractivity contribution is 6.30. The maximum Gasteiger partial charge on any atom is 0.0408 e. The van der Waals surface area contributed by atoms with E-state index in [2.05, 4.69) is 5.32 Å². The normalized spacial score (nSPS) is 27.6. The average molecular weight is 210 g/mol. The van der Waals surface area contributed by atoms with Crippen molar-refractivity contribution >= 4 is 11.6 Å². The van der Waals surface area contributed by atoms with Gasteiger partial charge in [-0.15, -0.1) is 0 Å². The van der Waals surface area contributed by atoms with E-state index in [-0.39, 0.29) is 0 Å². The first-order valence-corrected chi connectivity index (χ1v) is 5.56. The SMILES string of the molecule is C1NCC2CC12.Cc1cccc(Cl)c1. The number of hydrogen-bond acceptors (Lipinski definition) is 1. The van der Waals surface area contributed by atoms with Gasteiger partial charge >= 0.3 is 0 Å². The van der Waals surface area contributed by atoms with E-state index in [0.29, 0.717) is 0 Å². The Morgan fingerprint density at radius 3 is 2.29 bits per heavy atom. The van der Waals surface area contributed by atoms with Gasteiger partial charge in [0.25, 0.3) is 0 Å². The first-order valence-electron chi connectivity index (χ1n) is 5.18. The number of aryl methyl sites for hydroxylation is 1. The van der Waals surface area contributed by atoms with Crippen LogP contribution in [-0.4, -0.2) is 13.1 Å². The van der Waals surface area contributed by atoms with Crippen molar-refractivity contribution in [1.29, 1.82) is 0 Å². The van der Waals surface area contributed by atoms with Gasteiger partial charge in [-0.05, 0) is 56.0 Å². The fourth-order valence-corrected chi connectivity index (χ4v) is 2.11. The molecule has 1 nitrogen and oxygen atoms in total. The molecule has 3 rings (SSSR count). The zero-order valence-corrected chi connectivity index (χ0v) is 9.22. The topological polar surface area (TPSA) is 12.0 Å². The molecule has 76 valence electrons. The van der Waals surface area contributed by atoms with E-state index in [1.807, 2.05) is 31.2 Å². The van der Waals surface area contributed by atoms with E-state index in [0.717, 1.165) is 16.9 Å². The van der Waals surface area contributed by atoms with Gasteiger partial charge in [-0.1, -0.05) is 23.7 Å². The smallest absolute Gasteiger partial charge is 0.0408 e. The van der Waals surface area contributed by atoms with Crippen LogP contribution in [0.1, 0.15) is 12.0 Å². The van der Waals surface area contributed by atoms with Crippen LogP contribution in [-0.2, 0) is 0 Å². The standard InChI is InChI=1S/C7H7Cl.C5H9N/c1-6-3-2-4-7(8)5-6;1-4-2-6-3-5(1)4/h2-5H,1H3;4-6H,1-3H2. The summed E-state index contributed by atoms with van der Waals surface area (Å²) in [6.45, 7) is 4.64. The molecule has 1 aliphatic heterocycles. The predicted molar refractivity (Wildman–Crippen MR) is 60.7 cm³/mol. The van der Waals surface area contributed by atoms with Crippen molar-refractivity contribution in [3.8, 4) is 0 Å². The summed E-state index contributed by atoms with van der Waals surface area (Å²) in [6.07, 6.45) is 1.52. The Morgan fingerprint density at radius 1 is 1.29 bits per heavy atom. The number of rotatable bonds is 0. The van der Waals surface area contributed by atoms with Gasteiger partial charge < -0.3 is 5.32 Å². The molecule has 1 aromatic rings. The van der Waals surface area contributed by atoms with Crippen LogP contribution in [0.3, 0.4) is 0 Å². The quantitative estimate of drug-likeness (QED) is 0.693. The summed E-state index contributed by atoms with van der Waals surface area (Å²) >= 11 is 5.64. The molecule has 2 aliphatic rings. The maximum absolute atomic E-state index is 5.64. The van der Waals surface area contributed by atoms with Crippen LogP contribution in [0.5, 0.6) is 0 Å². The Hall–Kier alpha value is -0.530. The molecule has 0 radical (unpaired) electrons. The lowest BCUT2D eigenvalue weighted by Crippen LogP contribution is -2.10. The van der Waals surface area contributed by atoms with Crippen molar-refractivity contribution in [3.63, 3.8) is 0 Å². The van der Waals surface area contributed by atoms with E-state index in [1.54, 1.807) is 0 Å². The molecule has 1 aliphatic carbocycles. The highest BCUT2D eigenvalue weighted by atomic mass is 35.5. The highest BCUT2D eigenvalue weighted by Gasteiger charge is 2.40. The first kappa shape index (κ1) is 10.0. The van der Waals surface area contributed by atoms with Gasteiger partial charge in [-0.2, -0.15) is 0 Å². The van der Waals surface area contributed by atoms with Crippen molar-refractivity contribution in [1.82, 2.24) is 5.32 Å². The molecule has 2 atom stereocenters. The second kappa shape index (κ2) is 4.33. The molecule has 1 N–H and O–H groups in total. The van der Waals surface area contributed by atoms with Gasteiger partial charge in [0.2, 0.25) is 0 Å². The molecule has 2 heteroatoms. The number of piperidine rings is 1. The number of nitrogens with one attached hydrogen (secondary N) is 1. The lowest BCUT2D eigenvalue weighted by Gasteiger charge is -1.88. The van der Waals surface area contributed by atoms with Crippen molar-refractivity contribution in [3.05, 3.63) is 34.9 Å². The van der Waals surface area contributed by atoms with E-state index in [9.17, 15) is 0 Å². The lowest BCUT2D eigenvalue weighted by molar-refractivity contribution is 0.732. The van der Waals surface area contributed by atoms with E-state index < -0.39 is 0 Å². The van der Waals surface area contributed by atoms with Crippen molar-refractivity contribution in [2.24, 2.45) is 11.8 Å². The molecule has 1 heterocycles. The van der Waals surface area contributed by atoms with Crippen LogP contribution >= 0.6 is 11.6 Å². The van der Waals surface area contributed by atoms with Crippen LogP contribution < -0.4 is 5.32 Å². The first-order chi connectivity index (χ1) is 6.75. The Labute approximate surface area is 90.5 Å². The molecule has 1 saturated heterocycles. The molecule has 1 aromatic carbocycles. The summed E-state index contributed by atoms with van der Waals surface area (Å²) in [5.74, 6) is 2.20. The van der Waals surface area contributed by atoms with Crippen molar-refractivity contribution in [2.75, 3.05) is 13.1 Å². The van der Waals surface area contributed by atoms with Gasteiger partial charge in [0.15, 0.2) is 0 Å². The molecular weight excluding hydrogens is 194 g/mol. The minimum absolute atomic E-state index is 0.810. The van der Waals surface area contributed by atoms with Gasteiger partial charge in [-0.25, -0.2) is 0 Å². The largest absolute Gasteiger partial charge is 0.316 e. The fourth-order valence-electron chi connectivity index (χ4n) is 1.87. The molecule has 2 fully saturated rings. The van der Waals surface area contributed by atoms with Crippen molar-refractivity contribution in [2.45, 2.75) is 13.3 Å². The highest BCUT2D eigenvalue weighted by Crippen LogP contribution is 2.40. The summed E-state index contributed by atoms with van der Waals surface area (Å²) < 4.78 is 0.